The van der Waals surface area contributed by atoms with Crippen LogP contribution in [0.15, 0.2) is 24.5 Å². The molecule has 0 bridgehead atoms. The summed E-state index contributed by atoms with van der Waals surface area (Å²) in [6.45, 7) is 7.02. The molecule has 5 nitrogen and oxygen atoms in total. The second kappa shape index (κ2) is 7.31. The van der Waals surface area contributed by atoms with Crippen LogP contribution in [0.4, 0.5) is 0 Å². The number of aryl methyl sites for hydroxylation is 1. The minimum Gasteiger partial charge on any atom is -0.337 e. The van der Waals surface area contributed by atoms with Crippen molar-refractivity contribution in [3.8, 4) is 0 Å². The summed E-state index contributed by atoms with van der Waals surface area (Å²) in [7, 11) is 0. The average Bonchev–Trinajstić information content (AvgIpc) is 3.06. The normalized spacial score (nSPS) is 17.3. The van der Waals surface area contributed by atoms with Crippen LogP contribution in [0.2, 0.25) is 0 Å². The maximum Gasteiger partial charge on any atom is 0.243 e. The van der Waals surface area contributed by atoms with Crippen molar-refractivity contribution < 1.29 is 4.79 Å². The van der Waals surface area contributed by atoms with Gasteiger partial charge in [0.05, 0.1) is 6.20 Å². The van der Waals surface area contributed by atoms with Gasteiger partial charge in [0.1, 0.15) is 6.04 Å². The summed E-state index contributed by atoms with van der Waals surface area (Å²) in [5.41, 5.74) is 1.08. The molecule has 1 atom stereocenters. The number of nitrogens with zero attached hydrogens (tertiary/aromatic N) is 3. The molecule has 0 spiro atoms. The van der Waals surface area contributed by atoms with Crippen LogP contribution in [0.5, 0.6) is 0 Å². The zero-order valence-corrected chi connectivity index (χ0v) is 12.2. The van der Waals surface area contributed by atoms with E-state index in [2.05, 4.69) is 10.4 Å². The molecule has 1 aromatic rings. The van der Waals surface area contributed by atoms with Gasteiger partial charge in [0, 0.05) is 37.9 Å². The van der Waals surface area contributed by atoms with Gasteiger partial charge in [-0.2, -0.15) is 5.10 Å². The molecule has 2 rings (SSSR count). The Morgan fingerprint density at radius 1 is 1.58 bits per heavy atom. The van der Waals surface area contributed by atoms with Crippen molar-refractivity contribution in [3.05, 3.63) is 30.1 Å². The molecule has 2 heterocycles. The van der Waals surface area contributed by atoms with Gasteiger partial charge in [0.2, 0.25) is 5.91 Å². The van der Waals surface area contributed by atoms with E-state index in [1.807, 2.05) is 48.0 Å². The van der Waals surface area contributed by atoms with Crippen molar-refractivity contribution in [1.82, 2.24) is 20.0 Å². The third-order valence-corrected chi connectivity index (χ3v) is 3.13. The molecule has 6 heteroatoms. The van der Waals surface area contributed by atoms with Crippen LogP contribution < -0.4 is 5.32 Å². The molecule has 19 heavy (non-hydrogen) atoms. The molecule has 1 amide bonds. The van der Waals surface area contributed by atoms with E-state index in [1.54, 1.807) is 0 Å². The quantitative estimate of drug-likeness (QED) is 0.827. The first-order chi connectivity index (χ1) is 8.74. The maximum atomic E-state index is 12.2. The fourth-order valence-electron chi connectivity index (χ4n) is 2.06. The molecule has 0 radical (unpaired) electrons. The highest BCUT2D eigenvalue weighted by molar-refractivity contribution is 5.85. The van der Waals surface area contributed by atoms with Crippen LogP contribution in [-0.4, -0.2) is 39.7 Å². The zero-order valence-electron chi connectivity index (χ0n) is 11.4. The molecule has 0 aliphatic carbocycles. The maximum absolute atomic E-state index is 12.2. The highest BCUT2D eigenvalue weighted by Gasteiger charge is 2.22. The number of aromatic nitrogens is 2. The van der Waals surface area contributed by atoms with Crippen molar-refractivity contribution in [2.75, 3.05) is 13.1 Å². The molecule has 1 aliphatic heterocycles. The van der Waals surface area contributed by atoms with Gasteiger partial charge >= 0.3 is 0 Å². The van der Waals surface area contributed by atoms with Crippen molar-refractivity contribution in [3.63, 3.8) is 0 Å². The van der Waals surface area contributed by atoms with E-state index >= 15 is 0 Å². The lowest BCUT2D eigenvalue weighted by Gasteiger charge is -2.23. The Hall–Kier alpha value is -1.33. The SMILES string of the molecule is CCN(Cc1cnn(CC)c1)C(=O)C1C=CCN1.Cl. The van der Waals surface area contributed by atoms with E-state index < -0.39 is 0 Å². The number of carbonyl (C=O) groups is 1. The minimum atomic E-state index is -0.161. The fourth-order valence-corrected chi connectivity index (χ4v) is 2.06. The molecule has 0 aromatic carbocycles. The van der Waals surface area contributed by atoms with Gasteiger partial charge in [0.15, 0.2) is 0 Å². The van der Waals surface area contributed by atoms with E-state index in [4.69, 9.17) is 0 Å². The van der Waals surface area contributed by atoms with Crippen LogP contribution in [0.25, 0.3) is 0 Å². The summed E-state index contributed by atoms with van der Waals surface area (Å²) in [6.07, 6.45) is 7.75. The summed E-state index contributed by atoms with van der Waals surface area (Å²) in [6, 6.07) is -0.161. The molecule has 1 aromatic heterocycles. The highest BCUT2D eigenvalue weighted by atomic mass is 35.5. The second-order valence-corrected chi connectivity index (χ2v) is 4.37. The van der Waals surface area contributed by atoms with Gasteiger partial charge < -0.3 is 4.90 Å². The summed E-state index contributed by atoms with van der Waals surface area (Å²) in [5.74, 6) is 0.135. The van der Waals surface area contributed by atoms with Gasteiger partial charge in [-0.3, -0.25) is 14.8 Å². The molecule has 1 aliphatic rings. The first-order valence-corrected chi connectivity index (χ1v) is 6.44. The Morgan fingerprint density at radius 3 is 2.89 bits per heavy atom. The third-order valence-electron chi connectivity index (χ3n) is 3.13. The van der Waals surface area contributed by atoms with Crippen molar-refractivity contribution >= 4 is 18.3 Å². The molecule has 1 N–H and O–H groups in total. The van der Waals surface area contributed by atoms with Gasteiger partial charge in [-0.15, -0.1) is 12.4 Å². The number of likely N-dealkylation sites (N-methyl/N-ethyl adjacent to an activating group) is 1. The van der Waals surface area contributed by atoms with Crippen LogP contribution in [0.3, 0.4) is 0 Å². The van der Waals surface area contributed by atoms with Crippen LogP contribution in [-0.2, 0) is 17.9 Å². The molecular weight excluding hydrogens is 264 g/mol. The van der Waals surface area contributed by atoms with Crippen LogP contribution in [0, 0.1) is 0 Å². The zero-order chi connectivity index (χ0) is 13.0. The van der Waals surface area contributed by atoms with Gasteiger partial charge in [-0.1, -0.05) is 12.2 Å². The standard InChI is InChI=1S/C13H20N4O.ClH/c1-3-16(13(18)12-6-5-7-14-12)9-11-8-15-17(4-2)10-11;/h5-6,8,10,12,14H,3-4,7,9H2,1-2H3;1H. The van der Waals surface area contributed by atoms with E-state index in [0.29, 0.717) is 13.1 Å². The lowest BCUT2D eigenvalue weighted by Crippen LogP contribution is -2.43. The average molecular weight is 285 g/mol. The predicted molar refractivity (Wildman–Crippen MR) is 77.2 cm³/mol. The minimum absolute atomic E-state index is 0. The number of rotatable bonds is 5. The number of nitrogens with one attached hydrogen (secondary N) is 1. The largest absolute Gasteiger partial charge is 0.337 e. The van der Waals surface area contributed by atoms with Crippen molar-refractivity contribution in [2.24, 2.45) is 0 Å². The molecular formula is C13H21ClN4O. The van der Waals surface area contributed by atoms with E-state index in [9.17, 15) is 4.79 Å². The lowest BCUT2D eigenvalue weighted by atomic mass is 10.2. The van der Waals surface area contributed by atoms with Crippen molar-refractivity contribution in [2.45, 2.75) is 33.0 Å². The van der Waals surface area contributed by atoms with Crippen LogP contribution in [0.1, 0.15) is 19.4 Å². The summed E-state index contributed by atoms with van der Waals surface area (Å²) in [4.78, 5) is 14.1. The van der Waals surface area contributed by atoms with Crippen molar-refractivity contribution in [1.29, 1.82) is 0 Å². The van der Waals surface area contributed by atoms with E-state index in [0.717, 1.165) is 18.7 Å². The lowest BCUT2D eigenvalue weighted by molar-refractivity contribution is -0.132. The Bertz CT molecular complexity index is 444. The number of halogens is 1. The molecule has 0 saturated carbocycles. The molecule has 0 saturated heterocycles. The predicted octanol–water partition coefficient (Wildman–Crippen LogP) is 1.20. The second-order valence-electron chi connectivity index (χ2n) is 4.37. The molecule has 106 valence electrons. The number of hydrogen-bond acceptors (Lipinski definition) is 3. The van der Waals surface area contributed by atoms with E-state index in [1.165, 1.54) is 0 Å². The Labute approximate surface area is 120 Å². The molecule has 1 unspecified atom stereocenters. The van der Waals surface area contributed by atoms with Gasteiger partial charge in [-0.25, -0.2) is 0 Å². The van der Waals surface area contributed by atoms with E-state index in [-0.39, 0.29) is 24.4 Å². The number of hydrogen-bond donors (Lipinski definition) is 1. The number of amides is 1. The fraction of sp³-hybridized carbons (Fsp3) is 0.538. The number of carbonyl (C=O) groups excluding carboxylic acids is 1. The Kier molecular flexibility index (Phi) is 6.05. The first kappa shape index (κ1) is 15.7. The summed E-state index contributed by atoms with van der Waals surface area (Å²) in [5, 5.41) is 7.38. The smallest absolute Gasteiger partial charge is 0.243 e. The summed E-state index contributed by atoms with van der Waals surface area (Å²) >= 11 is 0. The highest BCUT2D eigenvalue weighted by Crippen LogP contribution is 2.08. The Morgan fingerprint density at radius 2 is 2.37 bits per heavy atom. The van der Waals surface area contributed by atoms with Gasteiger partial charge in [-0.05, 0) is 13.8 Å². The monoisotopic (exact) mass is 284 g/mol. The van der Waals surface area contributed by atoms with Gasteiger partial charge in [0.25, 0.3) is 0 Å². The summed E-state index contributed by atoms with van der Waals surface area (Å²) < 4.78 is 1.88. The first-order valence-electron chi connectivity index (χ1n) is 6.44. The van der Waals surface area contributed by atoms with Crippen LogP contribution >= 0.6 is 12.4 Å². The third kappa shape index (κ3) is 3.81. The molecule has 0 fully saturated rings. The topological polar surface area (TPSA) is 50.2 Å². The Balaban J connectivity index is 0.00000180.